The number of hydrogen-bond acceptors (Lipinski definition) is 3. The lowest BCUT2D eigenvalue weighted by Gasteiger charge is -2.42. The van der Waals surface area contributed by atoms with Crippen LogP contribution in [0, 0.1) is 5.92 Å². The molecule has 2 atom stereocenters. The van der Waals surface area contributed by atoms with E-state index in [1.165, 1.54) is 0 Å². The summed E-state index contributed by atoms with van der Waals surface area (Å²) in [4.78, 5) is 25.6. The molecule has 1 aromatic rings. The molecule has 1 amide bonds. The molecule has 2 heterocycles. The fourth-order valence-corrected chi connectivity index (χ4v) is 3.12. The minimum atomic E-state index is -0.845. The highest BCUT2D eigenvalue weighted by Crippen LogP contribution is 2.38. The van der Waals surface area contributed by atoms with E-state index in [-0.39, 0.29) is 11.9 Å². The molecule has 0 aliphatic carbocycles. The molecule has 0 bridgehead atoms. The van der Waals surface area contributed by atoms with Crippen molar-refractivity contribution in [1.82, 2.24) is 14.7 Å². The van der Waals surface area contributed by atoms with E-state index in [1.807, 2.05) is 31.5 Å². The fourth-order valence-electron chi connectivity index (χ4n) is 3.12. The highest BCUT2D eigenvalue weighted by molar-refractivity contribution is 5.81. The first kappa shape index (κ1) is 15.5. The Morgan fingerprint density at radius 1 is 1.52 bits per heavy atom. The van der Waals surface area contributed by atoms with Gasteiger partial charge in [0.25, 0.3) is 0 Å². The van der Waals surface area contributed by atoms with Crippen LogP contribution in [0.4, 0.5) is 0 Å². The molecule has 1 aliphatic heterocycles. The Balaban J connectivity index is 2.46. The van der Waals surface area contributed by atoms with Crippen molar-refractivity contribution in [2.75, 3.05) is 0 Å². The molecule has 6 nitrogen and oxygen atoms in total. The molecule has 1 saturated heterocycles. The smallest absolute Gasteiger partial charge is 0.309 e. The van der Waals surface area contributed by atoms with Gasteiger partial charge in [-0.3, -0.25) is 14.3 Å². The van der Waals surface area contributed by atoms with Gasteiger partial charge in [-0.2, -0.15) is 5.10 Å². The third-order valence-electron chi connectivity index (χ3n) is 4.00. The second-order valence-corrected chi connectivity index (χ2v) is 5.80. The van der Waals surface area contributed by atoms with E-state index < -0.39 is 17.9 Å². The van der Waals surface area contributed by atoms with Crippen LogP contribution < -0.4 is 0 Å². The second-order valence-electron chi connectivity index (χ2n) is 5.80. The summed E-state index contributed by atoms with van der Waals surface area (Å²) >= 11 is 0. The lowest BCUT2D eigenvalue weighted by Crippen LogP contribution is -2.49. The minimum Gasteiger partial charge on any atom is -0.481 e. The Hall–Kier alpha value is -1.85. The van der Waals surface area contributed by atoms with Gasteiger partial charge in [0.15, 0.2) is 0 Å². The Morgan fingerprint density at radius 3 is 2.81 bits per heavy atom. The highest BCUT2D eigenvalue weighted by Gasteiger charge is 2.43. The predicted octanol–water partition coefficient (Wildman–Crippen LogP) is 2.07. The zero-order valence-corrected chi connectivity index (χ0v) is 12.8. The molecule has 0 radical (unpaired) electrons. The van der Waals surface area contributed by atoms with E-state index in [2.05, 4.69) is 5.10 Å². The lowest BCUT2D eigenvalue weighted by molar-refractivity contribution is -0.153. The lowest BCUT2D eigenvalue weighted by atomic mass is 9.85. The van der Waals surface area contributed by atoms with Crippen LogP contribution in [-0.2, 0) is 16.1 Å². The minimum absolute atomic E-state index is 0.0248. The van der Waals surface area contributed by atoms with E-state index in [9.17, 15) is 14.7 Å². The Morgan fingerprint density at radius 2 is 2.24 bits per heavy atom. The van der Waals surface area contributed by atoms with Gasteiger partial charge in [-0.05, 0) is 32.8 Å². The molecule has 0 saturated carbocycles. The molecule has 116 valence electrons. The van der Waals surface area contributed by atoms with Crippen molar-refractivity contribution in [3.05, 3.63) is 18.0 Å². The molecule has 2 unspecified atom stereocenters. The maximum atomic E-state index is 12.3. The number of aromatic nitrogens is 2. The van der Waals surface area contributed by atoms with Gasteiger partial charge in [-0.15, -0.1) is 0 Å². The van der Waals surface area contributed by atoms with E-state index in [0.29, 0.717) is 12.8 Å². The molecular formula is C15H23N3O3. The van der Waals surface area contributed by atoms with Crippen LogP contribution in [0.5, 0.6) is 0 Å². The molecule has 0 aromatic carbocycles. The number of likely N-dealkylation sites (tertiary alicyclic amines) is 1. The molecule has 1 aliphatic rings. The molecule has 1 fully saturated rings. The highest BCUT2D eigenvalue weighted by atomic mass is 16.4. The van der Waals surface area contributed by atoms with E-state index in [0.717, 1.165) is 18.7 Å². The van der Waals surface area contributed by atoms with Gasteiger partial charge in [0.05, 0.1) is 17.7 Å². The summed E-state index contributed by atoms with van der Waals surface area (Å²) in [6.07, 6.45) is 3.28. The van der Waals surface area contributed by atoms with Crippen LogP contribution in [0.2, 0.25) is 0 Å². The number of aryl methyl sites for hydroxylation is 1. The van der Waals surface area contributed by atoms with Crippen LogP contribution in [-0.4, -0.2) is 37.7 Å². The largest absolute Gasteiger partial charge is 0.481 e. The van der Waals surface area contributed by atoms with Gasteiger partial charge in [-0.1, -0.05) is 6.92 Å². The van der Waals surface area contributed by atoms with Gasteiger partial charge < -0.3 is 10.0 Å². The van der Waals surface area contributed by atoms with Gasteiger partial charge in [0.2, 0.25) is 5.91 Å². The number of carboxylic acid groups (broad SMARTS) is 1. The first-order chi connectivity index (χ1) is 9.97. The maximum Gasteiger partial charge on any atom is 0.309 e. The average molecular weight is 293 g/mol. The summed E-state index contributed by atoms with van der Waals surface area (Å²) in [5, 5.41) is 13.8. The standard InChI is InChI=1S/C15H23N3O3/c1-4-9-17-12(7-8-16-17)14-11(15(20)21)5-6-13(19)18(14)10(2)3/h7-8,10-11,14H,4-6,9H2,1-3H3,(H,20,21). The number of amides is 1. The number of rotatable bonds is 5. The number of nitrogens with zero attached hydrogens (tertiary/aromatic N) is 3. The zero-order valence-electron chi connectivity index (χ0n) is 12.8. The monoisotopic (exact) mass is 293 g/mol. The van der Waals surface area contributed by atoms with Crippen molar-refractivity contribution < 1.29 is 14.7 Å². The van der Waals surface area contributed by atoms with Crippen LogP contribution >= 0.6 is 0 Å². The average Bonchev–Trinajstić information content (AvgIpc) is 2.85. The third kappa shape index (κ3) is 2.94. The van der Waals surface area contributed by atoms with E-state index >= 15 is 0 Å². The second kappa shape index (κ2) is 6.28. The molecule has 6 heteroatoms. The first-order valence-corrected chi connectivity index (χ1v) is 7.53. The van der Waals surface area contributed by atoms with Crippen LogP contribution in [0.25, 0.3) is 0 Å². The topological polar surface area (TPSA) is 75.4 Å². The van der Waals surface area contributed by atoms with Gasteiger partial charge in [0, 0.05) is 25.2 Å². The number of piperidine rings is 1. The Bertz CT molecular complexity index is 524. The van der Waals surface area contributed by atoms with Crippen LogP contribution in [0.15, 0.2) is 12.3 Å². The molecule has 21 heavy (non-hydrogen) atoms. The SMILES string of the molecule is CCCn1nccc1C1C(C(=O)O)CCC(=O)N1C(C)C. The van der Waals surface area contributed by atoms with Crippen molar-refractivity contribution in [3.8, 4) is 0 Å². The maximum absolute atomic E-state index is 12.3. The number of carbonyl (C=O) groups excluding carboxylic acids is 1. The Labute approximate surface area is 124 Å². The zero-order chi connectivity index (χ0) is 15.6. The van der Waals surface area contributed by atoms with Crippen LogP contribution in [0.3, 0.4) is 0 Å². The fraction of sp³-hybridized carbons (Fsp3) is 0.667. The molecule has 2 rings (SSSR count). The van der Waals surface area contributed by atoms with Crippen molar-refractivity contribution in [1.29, 1.82) is 0 Å². The van der Waals surface area contributed by atoms with Gasteiger partial charge in [-0.25, -0.2) is 0 Å². The number of carbonyl (C=O) groups is 2. The molecule has 1 aromatic heterocycles. The van der Waals surface area contributed by atoms with Crippen molar-refractivity contribution in [2.24, 2.45) is 5.92 Å². The quantitative estimate of drug-likeness (QED) is 0.901. The third-order valence-corrected chi connectivity index (χ3v) is 4.00. The van der Waals surface area contributed by atoms with Crippen molar-refractivity contribution in [2.45, 2.75) is 58.7 Å². The molecule has 0 spiro atoms. The van der Waals surface area contributed by atoms with E-state index in [4.69, 9.17) is 0 Å². The summed E-state index contributed by atoms with van der Waals surface area (Å²) in [7, 11) is 0. The van der Waals surface area contributed by atoms with Crippen molar-refractivity contribution in [3.63, 3.8) is 0 Å². The summed E-state index contributed by atoms with van der Waals surface area (Å²) < 4.78 is 1.83. The van der Waals surface area contributed by atoms with Gasteiger partial charge >= 0.3 is 5.97 Å². The summed E-state index contributed by atoms with van der Waals surface area (Å²) in [5.74, 6) is -1.39. The normalized spacial score (nSPS) is 22.9. The summed E-state index contributed by atoms with van der Waals surface area (Å²) in [6, 6.07) is 1.37. The number of hydrogen-bond donors (Lipinski definition) is 1. The van der Waals surface area contributed by atoms with Gasteiger partial charge in [0.1, 0.15) is 0 Å². The van der Waals surface area contributed by atoms with Crippen LogP contribution in [0.1, 0.15) is 51.8 Å². The number of carboxylic acids is 1. The molecule has 1 N–H and O–H groups in total. The van der Waals surface area contributed by atoms with E-state index in [1.54, 1.807) is 11.1 Å². The summed E-state index contributed by atoms with van der Waals surface area (Å²) in [6.45, 7) is 6.63. The predicted molar refractivity (Wildman–Crippen MR) is 77.6 cm³/mol. The number of aliphatic carboxylic acids is 1. The first-order valence-electron chi connectivity index (χ1n) is 7.53. The Kier molecular flexibility index (Phi) is 4.65. The van der Waals surface area contributed by atoms with Crippen molar-refractivity contribution >= 4 is 11.9 Å². The molecular weight excluding hydrogens is 270 g/mol. The summed E-state index contributed by atoms with van der Waals surface area (Å²) in [5.41, 5.74) is 0.825.